The number of hydrogen-bond acceptors (Lipinski definition) is 4. The van der Waals surface area contributed by atoms with Gasteiger partial charge in [-0.1, -0.05) is 0 Å². The number of ether oxygens (including phenoxy) is 1. The molecule has 11 heavy (non-hydrogen) atoms. The predicted octanol–water partition coefficient (Wildman–Crippen LogP) is 0.00550. The molecule has 0 spiro atoms. The number of H-pyrrole nitrogens is 1. The molecule has 60 valence electrons. The van der Waals surface area contributed by atoms with Gasteiger partial charge < -0.3 is 10.1 Å². The number of aromatic amines is 1. The van der Waals surface area contributed by atoms with Crippen LogP contribution in [0.4, 0.5) is 5.95 Å². The van der Waals surface area contributed by atoms with E-state index < -0.39 is 0 Å². The molecule has 0 unspecified atom stereocenters. The maximum absolute atomic E-state index is 5.18. The van der Waals surface area contributed by atoms with Gasteiger partial charge in [0.1, 0.15) is 6.33 Å². The van der Waals surface area contributed by atoms with Gasteiger partial charge in [-0.3, -0.25) is 0 Å². The molecule has 0 amide bonds. The van der Waals surface area contributed by atoms with Crippen molar-refractivity contribution in [1.82, 2.24) is 15.2 Å². The van der Waals surface area contributed by atoms with E-state index in [2.05, 4.69) is 20.5 Å². The first-order valence-electron chi connectivity index (χ1n) is 3.65. The average Bonchev–Trinajstić information content (AvgIpc) is 2.60. The third-order valence-electron chi connectivity index (χ3n) is 1.69. The molecule has 2 rings (SSSR count). The minimum atomic E-state index is 0.392. The maximum atomic E-state index is 5.18. The lowest BCUT2D eigenvalue weighted by atomic mass is 10.3. The van der Waals surface area contributed by atoms with Crippen molar-refractivity contribution in [3.05, 3.63) is 6.33 Å². The summed E-state index contributed by atoms with van der Waals surface area (Å²) in [6, 6.07) is 0.392. The fraction of sp³-hybridized carbons (Fsp3) is 0.667. The Morgan fingerprint density at radius 1 is 1.73 bits per heavy atom. The van der Waals surface area contributed by atoms with Gasteiger partial charge in [-0.15, -0.1) is 0 Å². The van der Waals surface area contributed by atoms with Gasteiger partial charge in [-0.25, -0.2) is 10.1 Å². The van der Waals surface area contributed by atoms with Gasteiger partial charge in [0.05, 0.1) is 12.6 Å². The lowest BCUT2D eigenvalue weighted by Gasteiger charge is -2.06. The number of nitrogens with zero attached hydrogens (tertiary/aromatic N) is 2. The molecule has 0 saturated carbocycles. The first kappa shape index (κ1) is 6.60. The third-order valence-corrected chi connectivity index (χ3v) is 1.69. The maximum Gasteiger partial charge on any atom is 0.218 e. The van der Waals surface area contributed by atoms with Crippen LogP contribution in [0.1, 0.15) is 6.42 Å². The molecule has 0 radical (unpaired) electrons. The highest BCUT2D eigenvalue weighted by atomic mass is 16.5. The second-order valence-corrected chi connectivity index (χ2v) is 2.54. The first-order valence-corrected chi connectivity index (χ1v) is 3.65. The van der Waals surface area contributed by atoms with E-state index in [9.17, 15) is 0 Å². The Balaban J connectivity index is 1.90. The standard InChI is InChI=1S/C6H10N4O/c1-2-11-3-5(1)9-6-7-4-8-10-6/h4-5H,1-3H2,(H2,7,8,9,10)/t5-/m0/s1. The van der Waals surface area contributed by atoms with Gasteiger partial charge in [0.2, 0.25) is 5.95 Å². The summed E-state index contributed by atoms with van der Waals surface area (Å²) in [5, 5.41) is 9.63. The zero-order valence-corrected chi connectivity index (χ0v) is 6.08. The van der Waals surface area contributed by atoms with E-state index in [4.69, 9.17) is 4.74 Å². The topological polar surface area (TPSA) is 62.8 Å². The SMILES string of the molecule is c1n[nH]c(N[C@H]2CCOC2)n1. The number of rotatable bonds is 2. The zero-order valence-electron chi connectivity index (χ0n) is 6.08. The van der Waals surface area contributed by atoms with Crippen LogP contribution in [0, 0.1) is 0 Å². The molecule has 1 fully saturated rings. The van der Waals surface area contributed by atoms with Crippen molar-refractivity contribution in [1.29, 1.82) is 0 Å². The van der Waals surface area contributed by atoms with Crippen LogP contribution in [-0.4, -0.2) is 34.4 Å². The molecule has 0 aromatic carbocycles. The lowest BCUT2D eigenvalue weighted by molar-refractivity contribution is 0.195. The van der Waals surface area contributed by atoms with Gasteiger partial charge in [0.15, 0.2) is 0 Å². The van der Waals surface area contributed by atoms with Crippen LogP contribution in [0.2, 0.25) is 0 Å². The highest BCUT2D eigenvalue weighted by molar-refractivity contribution is 5.22. The summed E-state index contributed by atoms with van der Waals surface area (Å²) in [7, 11) is 0. The smallest absolute Gasteiger partial charge is 0.218 e. The highest BCUT2D eigenvalue weighted by Crippen LogP contribution is 2.07. The van der Waals surface area contributed by atoms with Gasteiger partial charge in [0, 0.05) is 6.61 Å². The Bertz CT molecular complexity index is 204. The minimum absolute atomic E-state index is 0.392. The number of hydrogen-bond donors (Lipinski definition) is 2. The molecule has 1 aromatic heterocycles. The van der Waals surface area contributed by atoms with Crippen LogP contribution in [0.3, 0.4) is 0 Å². The van der Waals surface area contributed by atoms with E-state index in [1.165, 1.54) is 6.33 Å². The van der Waals surface area contributed by atoms with E-state index >= 15 is 0 Å². The molecular weight excluding hydrogens is 144 g/mol. The Morgan fingerprint density at radius 3 is 3.36 bits per heavy atom. The normalized spacial score (nSPS) is 23.8. The highest BCUT2D eigenvalue weighted by Gasteiger charge is 2.15. The summed E-state index contributed by atoms with van der Waals surface area (Å²) >= 11 is 0. The number of nitrogens with one attached hydrogen (secondary N) is 2. The summed E-state index contributed by atoms with van der Waals surface area (Å²) in [6.45, 7) is 1.60. The van der Waals surface area contributed by atoms with Crippen molar-refractivity contribution in [2.24, 2.45) is 0 Å². The summed E-state index contributed by atoms with van der Waals surface area (Å²) in [5.41, 5.74) is 0. The Labute approximate surface area is 64.2 Å². The molecule has 2 N–H and O–H groups in total. The van der Waals surface area contributed by atoms with Crippen molar-refractivity contribution >= 4 is 5.95 Å². The molecule has 1 atom stereocenters. The van der Waals surface area contributed by atoms with Crippen LogP contribution in [0.5, 0.6) is 0 Å². The fourth-order valence-electron chi connectivity index (χ4n) is 1.12. The van der Waals surface area contributed by atoms with Crippen molar-refractivity contribution in [2.75, 3.05) is 18.5 Å². The fourth-order valence-corrected chi connectivity index (χ4v) is 1.12. The summed E-state index contributed by atoms with van der Waals surface area (Å²) < 4.78 is 5.18. The molecule has 1 saturated heterocycles. The molecule has 0 bridgehead atoms. The Kier molecular flexibility index (Phi) is 1.72. The quantitative estimate of drug-likeness (QED) is 0.629. The average molecular weight is 154 g/mol. The van der Waals surface area contributed by atoms with E-state index in [0.717, 1.165) is 25.6 Å². The van der Waals surface area contributed by atoms with Crippen LogP contribution in [-0.2, 0) is 4.74 Å². The monoisotopic (exact) mass is 154 g/mol. The van der Waals surface area contributed by atoms with Gasteiger partial charge in [0.25, 0.3) is 0 Å². The van der Waals surface area contributed by atoms with Crippen molar-refractivity contribution in [3.63, 3.8) is 0 Å². The predicted molar refractivity (Wildman–Crippen MR) is 39.2 cm³/mol. The molecule has 1 aliphatic heterocycles. The van der Waals surface area contributed by atoms with Crippen LogP contribution < -0.4 is 5.32 Å². The van der Waals surface area contributed by atoms with Crippen molar-refractivity contribution in [2.45, 2.75) is 12.5 Å². The Morgan fingerprint density at radius 2 is 2.73 bits per heavy atom. The summed E-state index contributed by atoms with van der Waals surface area (Å²) in [6.07, 6.45) is 2.53. The van der Waals surface area contributed by atoms with Gasteiger partial charge >= 0.3 is 0 Å². The summed E-state index contributed by atoms with van der Waals surface area (Å²) in [5.74, 6) is 0.723. The van der Waals surface area contributed by atoms with Gasteiger partial charge in [-0.05, 0) is 6.42 Å². The number of anilines is 1. The van der Waals surface area contributed by atoms with Crippen LogP contribution in [0.25, 0.3) is 0 Å². The molecular formula is C6H10N4O. The number of aromatic nitrogens is 3. The molecule has 5 heteroatoms. The van der Waals surface area contributed by atoms with E-state index in [0.29, 0.717) is 6.04 Å². The second kappa shape index (κ2) is 2.87. The van der Waals surface area contributed by atoms with Crippen molar-refractivity contribution in [3.8, 4) is 0 Å². The van der Waals surface area contributed by atoms with Crippen molar-refractivity contribution < 1.29 is 4.74 Å². The second-order valence-electron chi connectivity index (χ2n) is 2.54. The largest absolute Gasteiger partial charge is 0.379 e. The molecule has 1 aromatic rings. The Hall–Kier alpha value is -1.10. The first-order chi connectivity index (χ1) is 5.45. The molecule has 1 aliphatic rings. The third kappa shape index (κ3) is 1.48. The minimum Gasteiger partial charge on any atom is -0.379 e. The van der Waals surface area contributed by atoms with Crippen LogP contribution in [0.15, 0.2) is 6.33 Å². The molecule has 2 heterocycles. The summed E-state index contributed by atoms with van der Waals surface area (Å²) in [4.78, 5) is 3.95. The molecule has 0 aliphatic carbocycles. The van der Waals surface area contributed by atoms with E-state index in [1.54, 1.807) is 0 Å². The van der Waals surface area contributed by atoms with Gasteiger partial charge in [-0.2, -0.15) is 5.10 Å². The molecule has 5 nitrogen and oxygen atoms in total. The zero-order chi connectivity index (χ0) is 7.52. The van der Waals surface area contributed by atoms with E-state index in [1.807, 2.05) is 0 Å². The van der Waals surface area contributed by atoms with Crippen LogP contribution >= 0.6 is 0 Å². The van der Waals surface area contributed by atoms with E-state index in [-0.39, 0.29) is 0 Å². The lowest BCUT2D eigenvalue weighted by Crippen LogP contribution is -2.19.